The summed E-state index contributed by atoms with van der Waals surface area (Å²) in [5, 5.41) is 6.22. The van der Waals surface area contributed by atoms with E-state index in [2.05, 4.69) is 10.6 Å². The molecule has 1 aliphatic heterocycles. The minimum absolute atomic E-state index is 0.0503. The van der Waals surface area contributed by atoms with E-state index in [9.17, 15) is 4.79 Å². The SMILES string of the molecule is COc1cc(OC)c(OC)cc1CNC(=O)C1(C)CCNC1. The largest absolute Gasteiger partial charge is 0.496 e. The van der Waals surface area contributed by atoms with Gasteiger partial charge in [0.2, 0.25) is 5.91 Å². The van der Waals surface area contributed by atoms with E-state index < -0.39 is 0 Å². The Morgan fingerprint density at radius 2 is 1.82 bits per heavy atom. The highest BCUT2D eigenvalue weighted by Crippen LogP contribution is 2.34. The first-order valence-corrected chi connectivity index (χ1v) is 7.32. The van der Waals surface area contributed by atoms with Gasteiger partial charge in [-0.2, -0.15) is 0 Å². The number of rotatable bonds is 6. The van der Waals surface area contributed by atoms with E-state index in [-0.39, 0.29) is 11.3 Å². The average molecular weight is 308 g/mol. The highest BCUT2D eigenvalue weighted by Gasteiger charge is 2.36. The Morgan fingerprint density at radius 1 is 1.18 bits per heavy atom. The predicted molar refractivity (Wildman–Crippen MR) is 83.5 cm³/mol. The van der Waals surface area contributed by atoms with Crippen molar-refractivity contribution < 1.29 is 19.0 Å². The molecule has 2 N–H and O–H groups in total. The topological polar surface area (TPSA) is 68.8 Å². The summed E-state index contributed by atoms with van der Waals surface area (Å²) in [5.74, 6) is 1.92. The number of nitrogens with one attached hydrogen (secondary N) is 2. The van der Waals surface area contributed by atoms with Gasteiger partial charge in [-0.25, -0.2) is 0 Å². The molecule has 122 valence electrons. The third-order valence-electron chi connectivity index (χ3n) is 4.14. The molecule has 0 aromatic heterocycles. The zero-order chi connectivity index (χ0) is 16.2. The van der Waals surface area contributed by atoms with Gasteiger partial charge in [-0.1, -0.05) is 0 Å². The van der Waals surface area contributed by atoms with E-state index in [4.69, 9.17) is 14.2 Å². The molecule has 1 saturated heterocycles. The smallest absolute Gasteiger partial charge is 0.227 e. The molecule has 0 bridgehead atoms. The minimum atomic E-state index is -0.343. The first-order chi connectivity index (χ1) is 10.5. The molecule has 6 heteroatoms. The van der Waals surface area contributed by atoms with Gasteiger partial charge in [0.25, 0.3) is 0 Å². The van der Waals surface area contributed by atoms with Crippen LogP contribution in [0.2, 0.25) is 0 Å². The Labute approximate surface area is 131 Å². The van der Waals surface area contributed by atoms with Crippen LogP contribution in [0.15, 0.2) is 12.1 Å². The van der Waals surface area contributed by atoms with Crippen LogP contribution in [0.25, 0.3) is 0 Å². The zero-order valence-electron chi connectivity index (χ0n) is 13.6. The van der Waals surface area contributed by atoms with E-state index in [0.717, 1.165) is 18.5 Å². The third kappa shape index (κ3) is 3.27. The maximum absolute atomic E-state index is 12.4. The molecule has 1 unspecified atom stereocenters. The molecule has 22 heavy (non-hydrogen) atoms. The van der Waals surface area contributed by atoms with E-state index in [0.29, 0.717) is 30.3 Å². The fourth-order valence-electron chi connectivity index (χ4n) is 2.63. The van der Waals surface area contributed by atoms with Gasteiger partial charge in [0.05, 0.1) is 26.7 Å². The van der Waals surface area contributed by atoms with Crippen LogP contribution in [0.4, 0.5) is 0 Å². The molecular weight excluding hydrogens is 284 g/mol. The number of carbonyl (C=O) groups is 1. The van der Waals surface area contributed by atoms with Crippen molar-refractivity contribution in [2.75, 3.05) is 34.4 Å². The maximum atomic E-state index is 12.4. The van der Waals surface area contributed by atoms with Crippen LogP contribution < -0.4 is 24.8 Å². The molecule has 1 aromatic carbocycles. The lowest BCUT2D eigenvalue weighted by atomic mass is 9.89. The molecule has 1 fully saturated rings. The number of ether oxygens (including phenoxy) is 3. The number of benzene rings is 1. The van der Waals surface area contributed by atoms with Gasteiger partial charge < -0.3 is 24.8 Å². The van der Waals surface area contributed by atoms with Crippen LogP contribution in [0.5, 0.6) is 17.2 Å². The van der Waals surface area contributed by atoms with Crippen molar-refractivity contribution in [2.24, 2.45) is 5.41 Å². The van der Waals surface area contributed by atoms with Gasteiger partial charge in [0.1, 0.15) is 5.75 Å². The van der Waals surface area contributed by atoms with Crippen molar-refractivity contribution in [2.45, 2.75) is 19.9 Å². The second kappa shape index (κ2) is 6.87. The number of hydrogen-bond acceptors (Lipinski definition) is 5. The van der Waals surface area contributed by atoms with Crippen molar-refractivity contribution in [3.05, 3.63) is 17.7 Å². The van der Waals surface area contributed by atoms with Gasteiger partial charge in [-0.3, -0.25) is 4.79 Å². The predicted octanol–water partition coefficient (Wildman–Crippen LogP) is 1.33. The molecule has 1 atom stereocenters. The Hall–Kier alpha value is -1.95. The van der Waals surface area contributed by atoms with Gasteiger partial charge in [0.15, 0.2) is 11.5 Å². The van der Waals surface area contributed by atoms with Crippen molar-refractivity contribution >= 4 is 5.91 Å². The fraction of sp³-hybridized carbons (Fsp3) is 0.562. The lowest BCUT2D eigenvalue weighted by Gasteiger charge is -2.22. The fourth-order valence-corrected chi connectivity index (χ4v) is 2.63. The average Bonchev–Trinajstić information content (AvgIpc) is 2.99. The summed E-state index contributed by atoms with van der Waals surface area (Å²) in [6, 6.07) is 3.59. The van der Waals surface area contributed by atoms with Gasteiger partial charge in [0, 0.05) is 24.7 Å². The van der Waals surface area contributed by atoms with Crippen molar-refractivity contribution in [1.82, 2.24) is 10.6 Å². The van der Waals surface area contributed by atoms with E-state index in [1.807, 2.05) is 13.0 Å². The van der Waals surface area contributed by atoms with Crippen LogP contribution in [-0.2, 0) is 11.3 Å². The van der Waals surface area contributed by atoms with Crippen LogP contribution in [0.3, 0.4) is 0 Å². The van der Waals surface area contributed by atoms with E-state index in [1.165, 1.54) is 0 Å². The molecule has 1 aliphatic rings. The lowest BCUT2D eigenvalue weighted by molar-refractivity contribution is -0.129. The summed E-state index contributed by atoms with van der Waals surface area (Å²) < 4.78 is 15.9. The van der Waals surface area contributed by atoms with Gasteiger partial charge in [-0.05, 0) is 26.0 Å². The molecular formula is C16H24N2O4. The van der Waals surface area contributed by atoms with Crippen LogP contribution in [-0.4, -0.2) is 40.3 Å². The Kier molecular flexibility index (Phi) is 5.13. The summed E-state index contributed by atoms with van der Waals surface area (Å²) in [4.78, 5) is 12.4. The van der Waals surface area contributed by atoms with Crippen molar-refractivity contribution in [3.63, 3.8) is 0 Å². The Bertz CT molecular complexity index is 539. The number of amides is 1. The van der Waals surface area contributed by atoms with Crippen molar-refractivity contribution in [1.29, 1.82) is 0 Å². The highest BCUT2D eigenvalue weighted by atomic mass is 16.5. The quantitative estimate of drug-likeness (QED) is 0.830. The second-order valence-corrected chi connectivity index (χ2v) is 5.69. The van der Waals surface area contributed by atoms with Gasteiger partial charge in [-0.15, -0.1) is 0 Å². The summed E-state index contributed by atoms with van der Waals surface area (Å²) >= 11 is 0. The van der Waals surface area contributed by atoms with Crippen molar-refractivity contribution in [3.8, 4) is 17.2 Å². The molecule has 0 aliphatic carbocycles. The lowest BCUT2D eigenvalue weighted by Crippen LogP contribution is -2.40. The maximum Gasteiger partial charge on any atom is 0.227 e. The van der Waals surface area contributed by atoms with Crippen LogP contribution in [0.1, 0.15) is 18.9 Å². The first-order valence-electron chi connectivity index (χ1n) is 7.32. The minimum Gasteiger partial charge on any atom is -0.496 e. The third-order valence-corrected chi connectivity index (χ3v) is 4.14. The highest BCUT2D eigenvalue weighted by molar-refractivity contribution is 5.82. The normalized spacial score (nSPS) is 20.5. The summed E-state index contributed by atoms with van der Waals surface area (Å²) in [6.07, 6.45) is 0.849. The molecule has 1 amide bonds. The van der Waals surface area contributed by atoms with E-state index in [1.54, 1.807) is 27.4 Å². The van der Waals surface area contributed by atoms with Gasteiger partial charge >= 0.3 is 0 Å². The second-order valence-electron chi connectivity index (χ2n) is 5.69. The van der Waals surface area contributed by atoms with Crippen LogP contribution >= 0.6 is 0 Å². The first kappa shape index (κ1) is 16.4. The zero-order valence-corrected chi connectivity index (χ0v) is 13.6. The number of hydrogen-bond donors (Lipinski definition) is 2. The molecule has 1 heterocycles. The molecule has 1 aromatic rings. The van der Waals surface area contributed by atoms with E-state index >= 15 is 0 Å². The van der Waals surface area contributed by atoms with Crippen LogP contribution in [0, 0.1) is 5.41 Å². The Morgan fingerprint density at radius 3 is 2.36 bits per heavy atom. The molecule has 6 nitrogen and oxygen atoms in total. The molecule has 2 rings (SSSR count). The summed E-state index contributed by atoms with van der Waals surface area (Å²) in [6.45, 7) is 3.96. The summed E-state index contributed by atoms with van der Waals surface area (Å²) in [7, 11) is 4.75. The molecule has 0 radical (unpaired) electrons. The number of methoxy groups -OCH3 is 3. The summed E-state index contributed by atoms with van der Waals surface area (Å²) in [5.41, 5.74) is 0.507. The standard InChI is InChI=1S/C16H24N2O4/c1-16(5-6-17-10-16)15(19)18-9-11-7-13(21-3)14(22-4)8-12(11)20-2/h7-8,17H,5-6,9-10H2,1-4H3,(H,18,19). The molecule has 0 spiro atoms. The Balaban J connectivity index is 2.13. The molecule has 0 saturated carbocycles. The number of carbonyl (C=O) groups excluding carboxylic acids is 1. The monoisotopic (exact) mass is 308 g/mol.